The number of nitrogens with zero attached hydrogens (tertiary/aromatic N) is 1. The third-order valence-corrected chi connectivity index (χ3v) is 3.35. The van der Waals surface area contributed by atoms with Crippen molar-refractivity contribution in [1.82, 2.24) is 5.16 Å². The van der Waals surface area contributed by atoms with E-state index in [4.69, 9.17) is 14.0 Å². The molecule has 2 aromatic rings. The molecule has 8 heteroatoms. The molecule has 21 heavy (non-hydrogen) atoms. The first-order valence-corrected chi connectivity index (χ1v) is 8.03. The molecule has 1 aliphatic rings. The second-order valence-electron chi connectivity index (χ2n) is 4.51. The summed E-state index contributed by atoms with van der Waals surface area (Å²) in [4.78, 5) is 0. The molecule has 1 aromatic heterocycles. The summed E-state index contributed by atoms with van der Waals surface area (Å²) in [6.07, 6.45) is 0.981. The summed E-state index contributed by atoms with van der Waals surface area (Å²) in [5.74, 6) is 1.83. The average Bonchev–Trinajstić information content (AvgIpc) is 2.93. The van der Waals surface area contributed by atoms with Gasteiger partial charge in [0.2, 0.25) is 0 Å². The van der Waals surface area contributed by atoms with Crippen LogP contribution in [0, 0.1) is 0 Å². The van der Waals surface area contributed by atoms with E-state index in [9.17, 15) is 8.42 Å². The van der Waals surface area contributed by atoms with E-state index in [1.165, 1.54) is 0 Å². The minimum Gasteiger partial charge on any atom is -0.486 e. The molecule has 0 unspecified atom stereocenters. The Morgan fingerprint density at radius 3 is 2.71 bits per heavy atom. The number of hydrogen-bond acceptors (Lipinski definition) is 7. The Morgan fingerprint density at radius 2 is 1.95 bits per heavy atom. The third kappa shape index (κ3) is 3.34. The molecule has 0 spiro atoms. The topological polar surface area (TPSA) is 87.9 Å². The van der Waals surface area contributed by atoms with Gasteiger partial charge in [-0.2, -0.15) is 8.42 Å². The van der Waals surface area contributed by atoms with Gasteiger partial charge in [-0.15, -0.1) is 0 Å². The van der Waals surface area contributed by atoms with Crippen LogP contribution in [0.4, 0.5) is 0 Å². The maximum Gasteiger partial charge on any atom is 0.264 e. The first kappa shape index (κ1) is 13.9. The number of fused-ring (bicyclic) bond motifs is 1. The highest BCUT2D eigenvalue weighted by molar-refractivity contribution is 7.85. The van der Waals surface area contributed by atoms with Crippen LogP contribution in [0.2, 0.25) is 0 Å². The van der Waals surface area contributed by atoms with E-state index in [2.05, 4.69) is 9.34 Å². The van der Waals surface area contributed by atoms with Crippen LogP contribution >= 0.6 is 0 Å². The number of benzene rings is 1. The molecule has 0 N–H and O–H groups in total. The lowest BCUT2D eigenvalue weighted by molar-refractivity contribution is 0.171. The fraction of sp³-hybridized carbons (Fsp3) is 0.308. The smallest absolute Gasteiger partial charge is 0.264 e. The lowest BCUT2D eigenvalue weighted by atomic mass is 10.1. The maximum absolute atomic E-state index is 10.9. The summed E-state index contributed by atoms with van der Waals surface area (Å²) in [6, 6.07) is 7.01. The first-order valence-electron chi connectivity index (χ1n) is 6.21. The van der Waals surface area contributed by atoms with Gasteiger partial charge in [0.25, 0.3) is 10.1 Å². The van der Waals surface area contributed by atoms with Gasteiger partial charge in [0.05, 0.1) is 6.26 Å². The fourth-order valence-corrected chi connectivity index (χ4v) is 2.21. The van der Waals surface area contributed by atoms with Gasteiger partial charge in [0, 0.05) is 11.6 Å². The van der Waals surface area contributed by atoms with Crippen LogP contribution in [-0.4, -0.2) is 33.0 Å². The summed E-state index contributed by atoms with van der Waals surface area (Å²) in [7, 11) is -3.51. The zero-order valence-corrected chi connectivity index (χ0v) is 12.1. The number of hydrogen-bond donors (Lipinski definition) is 0. The van der Waals surface area contributed by atoms with Crippen molar-refractivity contribution in [3.8, 4) is 22.8 Å². The van der Waals surface area contributed by atoms with Gasteiger partial charge in [0.1, 0.15) is 25.5 Å². The minimum atomic E-state index is -3.51. The van der Waals surface area contributed by atoms with Crippen molar-refractivity contribution >= 4 is 10.1 Å². The Morgan fingerprint density at radius 1 is 1.19 bits per heavy atom. The van der Waals surface area contributed by atoms with Gasteiger partial charge in [-0.25, -0.2) is 0 Å². The van der Waals surface area contributed by atoms with Crippen LogP contribution in [0.25, 0.3) is 11.3 Å². The molecule has 1 aliphatic heterocycles. The van der Waals surface area contributed by atoms with Gasteiger partial charge in [0.15, 0.2) is 17.3 Å². The SMILES string of the molecule is CS(=O)(=O)OCc1cc(-c2ccc3c(c2)OCCO3)on1. The van der Waals surface area contributed by atoms with E-state index in [0.717, 1.165) is 11.8 Å². The molecule has 0 aliphatic carbocycles. The standard InChI is InChI=1S/C13H13NO6S/c1-21(15,16)19-8-10-7-12(20-14-10)9-2-3-11-13(6-9)18-5-4-17-11/h2-3,6-7H,4-5,8H2,1H3. The Kier molecular flexibility index (Phi) is 3.56. The van der Waals surface area contributed by atoms with E-state index < -0.39 is 10.1 Å². The lowest BCUT2D eigenvalue weighted by Crippen LogP contribution is -2.15. The molecule has 7 nitrogen and oxygen atoms in total. The molecule has 0 saturated heterocycles. The van der Waals surface area contributed by atoms with Gasteiger partial charge in [-0.1, -0.05) is 5.16 Å². The Labute approximate surface area is 121 Å². The normalized spacial score (nSPS) is 14.1. The molecule has 0 radical (unpaired) electrons. The van der Waals surface area contributed by atoms with Crippen molar-refractivity contribution < 1.29 is 26.6 Å². The Bertz CT molecular complexity index is 752. The molecule has 0 amide bonds. The molecular formula is C13H13NO6S. The summed E-state index contributed by atoms with van der Waals surface area (Å²) in [6.45, 7) is 0.870. The summed E-state index contributed by atoms with van der Waals surface area (Å²) < 4.78 is 42.6. The fourth-order valence-electron chi connectivity index (χ4n) is 1.88. The van der Waals surface area contributed by atoms with Crippen LogP contribution in [0.5, 0.6) is 11.5 Å². The van der Waals surface area contributed by atoms with Crippen LogP contribution in [0.1, 0.15) is 5.69 Å². The molecule has 3 rings (SSSR count). The number of ether oxygens (including phenoxy) is 2. The highest BCUT2D eigenvalue weighted by Gasteiger charge is 2.15. The van der Waals surface area contributed by atoms with Crippen LogP contribution in [-0.2, 0) is 20.9 Å². The summed E-state index contributed by atoms with van der Waals surface area (Å²) in [5.41, 5.74) is 1.16. The molecule has 112 valence electrons. The third-order valence-electron chi connectivity index (χ3n) is 2.81. The molecule has 1 aromatic carbocycles. The van der Waals surface area contributed by atoms with Crippen molar-refractivity contribution in [3.05, 3.63) is 30.0 Å². The van der Waals surface area contributed by atoms with Crippen molar-refractivity contribution in [2.75, 3.05) is 19.5 Å². The molecule has 2 heterocycles. The van der Waals surface area contributed by atoms with Crippen LogP contribution in [0.15, 0.2) is 28.8 Å². The van der Waals surface area contributed by atoms with E-state index in [0.29, 0.717) is 36.2 Å². The monoisotopic (exact) mass is 311 g/mol. The summed E-state index contributed by atoms with van der Waals surface area (Å²) >= 11 is 0. The molecule has 0 atom stereocenters. The Balaban J connectivity index is 1.80. The molecule has 0 saturated carbocycles. The van der Waals surface area contributed by atoms with Gasteiger partial charge >= 0.3 is 0 Å². The maximum atomic E-state index is 10.9. The predicted molar refractivity (Wildman–Crippen MR) is 72.6 cm³/mol. The average molecular weight is 311 g/mol. The first-order chi connectivity index (χ1) is 10.0. The number of aromatic nitrogens is 1. The van der Waals surface area contributed by atoms with Crippen LogP contribution < -0.4 is 9.47 Å². The lowest BCUT2D eigenvalue weighted by Gasteiger charge is -2.18. The van der Waals surface area contributed by atoms with Crippen molar-refractivity contribution in [1.29, 1.82) is 0 Å². The molecule has 0 bridgehead atoms. The van der Waals surface area contributed by atoms with Crippen molar-refractivity contribution in [2.45, 2.75) is 6.61 Å². The molecular weight excluding hydrogens is 298 g/mol. The largest absolute Gasteiger partial charge is 0.486 e. The number of rotatable bonds is 4. The quantitative estimate of drug-likeness (QED) is 0.792. The zero-order valence-electron chi connectivity index (χ0n) is 11.2. The highest BCUT2D eigenvalue weighted by Crippen LogP contribution is 2.34. The second-order valence-corrected chi connectivity index (χ2v) is 6.15. The summed E-state index contributed by atoms with van der Waals surface area (Å²) in [5, 5.41) is 3.77. The van der Waals surface area contributed by atoms with E-state index in [1.807, 2.05) is 6.07 Å². The minimum absolute atomic E-state index is 0.160. The van der Waals surface area contributed by atoms with E-state index >= 15 is 0 Å². The predicted octanol–water partition coefficient (Wildman–Crippen LogP) is 1.59. The van der Waals surface area contributed by atoms with E-state index in [1.54, 1.807) is 18.2 Å². The zero-order chi connectivity index (χ0) is 14.9. The van der Waals surface area contributed by atoms with E-state index in [-0.39, 0.29) is 6.61 Å². The van der Waals surface area contributed by atoms with Crippen molar-refractivity contribution in [2.24, 2.45) is 0 Å². The second kappa shape index (κ2) is 5.38. The van der Waals surface area contributed by atoms with Crippen LogP contribution in [0.3, 0.4) is 0 Å². The van der Waals surface area contributed by atoms with Gasteiger partial charge in [-0.3, -0.25) is 4.18 Å². The van der Waals surface area contributed by atoms with Crippen molar-refractivity contribution in [3.63, 3.8) is 0 Å². The van der Waals surface area contributed by atoms with Gasteiger partial charge < -0.3 is 14.0 Å². The highest BCUT2D eigenvalue weighted by atomic mass is 32.2. The molecule has 0 fully saturated rings. The Hall–Kier alpha value is -2.06. The van der Waals surface area contributed by atoms with Gasteiger partial charge in [-0.05, 0) is 18.2 Å².